The number of carbonyl (C=O) groups excluding carboxylic acids is 1. The van der Waals surface area contributed by atoms with Gasteiger partial charge in [0.2, 0.25) is 0 Å². The molecule has 6 heteroatoms. The first kappa shape index (κ1) is 18.2. The van der Waals surface area contributed by atoms with Crippen molar-refractivity contribution in [3.05, 3.63) is 70.8 Å². The Kier molecular flexibility index (Phi) is 5.13. The number of benzene rings is 2. The third-order valence-corrected chi connectivity index (χ3v) is 4.35. The van der Waals surface area contributed by atoms with Gasteiger partial charge in [-0.2, -0.15) is 5.10 Å². The second-order valence-corrected chi connectivity index (χ2v) is 7.91. The molecule has 3 rings (SSSR count). The van der Waals surface area contributed by atoms with Gasteiger partial charge < -0.3 is 5.32 Å². The van der Waals surface area contributed by atoms with Crippen molar-refractivity contribution >= 4 is 33.5 Å². The first-order valence-electron chi connectivity index (χ1n) is 8.32. The number of carbonyl (C=O) groups is 1. The molecule has 1 aromatic heterocycles. The smallest absolute Gasteiger partial charge is 0.308 e. The zero-order valence-electron chi connectivity index (χ0n) is 15.0. The highest BCUT2D eigenvalue weighted by atomic mass is 79.9. The Hall–Kier alpha value is -2.60. The Balaban J connectivity index is 1.87. The van der Waals surface area contributed by atoms with E-state index in [0.29, 0.717) is 11.5 Å². The molecule has 0 atom stereocenters. The number of anilines is 2. The lowest BCUT2D eigenvalue weighted by atomic mass is 9.92. The van der Waals surface area contributed by atoms with Gasteiger partial charge in [-0.15, -0.1) is 0 Å². The van der Waals surface area contributed by atoms with Crippen LogP contribution in [-0.2, 0) is 5.41 Å². The molecule has 2 aromatic carbocycles. The van der Waals surface area contributed by atoms with E-state index < -0.39 is 0 Å². The summed E-state index contributed by atoms with van der Waals surface area (Å²) in [5.74, 6) is 0.621. The van der Waals surface area contributed by atoms with Gasteiger partial charge in [0.15, 0.2) is 0 Å². The van der Waals surface area contributed by atoms with Crippen molar-refractivity contribution < 1.29 is 4.79 Å². The van der Waals surface area contributed by atoms with Crippen LogP contribution in [0.15, 0.2) is 65.1 Å². The molecular formula is C20H21BrN4O. The molecule has 2 N–H and O–H groups in total. The van der Waals surface area contributed by atoms with Gasteiger partial charge in [-0.3, -0.25) is 5.32 Å². The molecule has 0 fully saturated rings. The van der Waals surface area contributed by atoms with Gasteiger partial charge in [0.05, 0.1) is 11.4 Å². The highest BCUT2D eigenvalue weighted by Crippen LogP contribution is 2.26. The summed E-state index contributed by atoms with van der Waals surface area (Å²) in [6.45, 7) is 6.28. The summed E-state index contributed by atoms with van der Waals surface area (Å²) in [6.07, 6.45) is 0. The zero-order valence-corrected chi connectivity index (χ0v) is 16.5. The molecule has 5 nitrogen and oxygen atoms in total. The van der Waals surface area contributed by atoms with Gasteiger partial charge in [-0.05, 0) is 36.4 Å². The summed E-state index contributed by atoms with van der Waals surface area (Å²) in [5, 5.41) is 10.4. The molecule has 2 amide bonds. The lowest BCUT2D eigenvalue weighted by Crippen LogP contribution is -2.21. The fraction of sp³-hybridized carbons (Fsp3) is 0.200. The van der Waals surface area contributed by atoms with Crippen LogP contribution < -0.4 is 10.6 Å². The van der Waals surface area contributed by atoms with E-state index in [-0.39, 0.29) is 11.4 Å². The first-order valence-corrected chi connectivity index (χ1v) is 9.12. The highest BCUT2D eigenvalue weighted by Gasteiger charge is 2.21. The van der Waals surface area contributed by atoms with Crippen LogP contribution in [0.3, 0.4) is 0 Å². The number of nitrogens with zero attached hydrogens (tertiary/aromatic N) is 2. The lowest BCUT2D eigenvalue weighted by Gasteiger charge is -2.14. The maximum absolute atomic E-state index is 12.4. The monoisotopic (exact) mass is 412 g/mol. The number of hydrogen-bond donors (Lipinski definition) is 2. The van der Waals surface area contributed by atoms with Gasteiger partial charge in [0.1, 0.15) is 5.82 Å². The Bertz CT molecular complexity index is 896. The largest absolute Gasteiger partial charge is 0.324 e. The number of halogens is 1. The SMILES string of the molecule is CC(C)(C)c1cc(NC(=O)Nc2ccc(Br)cc2)n(-c2ccccc2)n1. The molecule has 0 spiro atoms. The number of para-hydroxylation sites is 1. The van der Waals surface area contributed by atoms with E-state index in [4.69, 9.17) is 5.10 Å². The molecule has 26 heavy (non-hydrogen) atoms. The van der Waals surface area contributed by atoms with E-state index in [1.807, 2.05) is 60.7 Å². The minimum absolute atomic E-state index is 0.126. The predicted molar refractivity (Wildman–Crippen MR) is 109 cm³/mol. The van der Waals surface area contributed by atoms with Crippen molar-refractivity contribution in [2.75, 3.05) is 10.6 Å². The predicted octanol–water partition coefficient (Wildman–Crippen LogP) is 5.58. The molecule has 3 aromatic rings. The second kappa shape index (κ2) is 7.33. The van der Waals surface area contributed by atoms with Crippen LogP contribution in [0.2, 0.25) is 0 Å². The molecule has 0 saturated heterocycles. The fourth-order valence-electron chi connectivity index (χ4n) is 2.41. The average Bonchev–Trinajstić information content (AvgIpc) is 3.02. The lowest BCUT2D eigenvalue weighted by molar-refractivity contribution is 0.262. The average molecular weight is 413 g/mol. The third kappa shape index (κ3) is 4.32. The molecule has 0 unspecified atom stereocenters. The van der Waals surface area contributed by atoms with Crippen molar-refractivity contribution in [2.24, 2.45) is 0 Å². The summed E-state index contributed by atoms with van der Waals surface area (Å²) in [5.41, 5.74) is 2.38. The van der Waals surface area contributed by atoms with Crippen molar-refractivity contribution in [1.29, 1.82) is 0 Å². The molecule has 0 bridgehead atoms. The molecule has 0 aliphatic carbocycles. The normalized spacial score (nSPS) is 11.2. The van der Waals surface area contributed by atoms with E-state index in [1.54, 1.807) is 4.68 Å². The Morgan fingerprint density at radius 3 is 2.27 bits per heavy atom. The Labute approximate surface area is 161 Å². The molecule has 0 aliphatic rings. The van der Waals surface area contributed by atoms with Crippen LogP contribution in [0.1, 0.15) is 26.5 Å². The van der Waals surface area contributed by atoms with Crippen molar-refractivity contribution in [3.8, 4) is 5.69 Å². The van der Waals surface area contributed by atoms with Crippen LogP contribution in [0.5, 0.6) is 0 Å². The van der Waals surface area contributed by atoms with E-state index >= 15 is 0 Å². The summed E-state index contributed by atoms with van der Waals surface area (Å²) in [6, 6.07) is 18.8. The van der Waals surface area contributed by atoms with Gasteiger partial charge in [-0.25, -0.2) is 9.48 Å². The molecule has 1 heterocycles. The maximum Gasteiger partial charge on any atom is 0.324 e. The third-order valence-electron chi connectivity index (χ3n) is 3.82. The van der Waals surface area contributed by atoms with Crippen LogP contribution >= 0.6 is 15.9 Å². The van der Waals surface area contributed by atoms with Crippen molar-refractivity contribution in [2.45, 2.75) is 26.2 Å². The standard InChI is InChI=1S/C20H21BrN4O/c1-20(2,3)17-13-18(25(24-17)16-7-5-4-6-8-16)23-19(26)22-15-11-9-14(21)10-12-15/h4-13H,1-3H3,(H2,22,23,26). The van der Waals surface area contributed by atoms with Crippen LogP contribution in [0.25, 0.3) is 5.69 Å². The zero-order chi connectivity index (χ0) is 18.7. The van der Waals surface area contributed by atoms with Crippen molar-refractivity contribution in [1.82, 2.24) is 9.78 Å². The molecule has 134 valence electrons. The summed E-state index contributed by atoms with van der Waals surface area (Å²) in [7, 11) is 0. The number of urea groups is 1. The van der Waals surface area contributed by atoms with E-state index in [1.165, 1.54) is 0 Å². The van der Waals surface area contributed by atoms with Gasteiger partial charge in [-0.1, -0.05) is 54.9 Å². The minimum atomic E-state index is -0.315. The van der Waals surface area contributed by atoms with E-state index in [2.05, 4.69) is 47.3 Å². The Morgan fingerprint density at radius 1 is 1.00 bits per heavy atom. The first-order chi connectivity index (χ1) is 12.3. The molecule has 0 aliphatic heterocycles. The van der Waals surface area contributed by atoms with E-state index in [9.17, 15) is 4.79 Å². The fourth-order valence-corrected chi connectivity index (χ4v) is 2.68. The minimum Gasteiger partial charge on any atom is -0.308 e. The number of nitrogens with one attached hydrogen (secondary N) is 2. The quantitative estimate of drug-likeness (QED) is 0.589. The summed E-state index contributed by atoms with van der Waals surface area (Å²) >= 11 is 3.38. The molecule has 0 saturated carbocycles. The summed E-state index contributed by atoms with van der Waals surface area (Å²) < 4.78 is 2.71. The number of aromatic nitrogens is 2. The van der Waals surface area contributed by atoms with Crippen LogP contribution in [0.4, 0.5) is 16.3 Å². The molecule has 0 radical (unpaired) electrons. The van der Waals surface area contributed by atoms with Crippen molar-refractivity contribution in [3.63, 3.8) is 0 Å². The van der Waals surface area contributed by atoms with Crippen LogP contribution in [0, 0.1) is 0 Å². The summed E-state index contributed by atoms with van der Waals surface area (Å²) in [4.78, 5) is 12.4. The maximum atomic E-state index is 12.4. The van der Waals surface area contributed by atoms with Gasteiger partial charge in [0.25, 0.3) is 0 Å². The number of rotatable bonds is 3. The van der Waals surface area contributed by atoms with Gasteiger partial charge >= 0.3 is 6.03 Å². The topological polar surface area (TPSA) is 59.0 Å². The molecular weight excluding hydrogens is 392 g/mol. The highest BCUT2D eigenvalue weighted by molar-refractivity contribution is 9.10. The van der Waals surface area contributed by atoms with Crippen LogP contribution in [-0.4, -0.2) is 15.8 Å². The number of hydrogen-bond acceptors (Lipinski definition) is 2. The van der Waals surface area contributed by atoms with Gasteiger partial charge in [0, 0.05) is 21.6 Å². The van der Waals surface area contributed by atoms with E-state index in [0.717, 1.165) is 15.9 Å². The number of amides is 2. The second-order valence-electron chi connectivity index (χ2n) is 7.00. The Morgan fingerprint density at radius 2 is 1.65 bits per heavy atom.